The Bertz CT molecular complexity index is 1200. The number of rotatable bonds is 7. The van der Waals surface area contributed by atoms with E-state index in [1.165, 1.54) is 32.1 Å². The second-order valence-corrected chi connectivity index (χ2v) is 12.0. The molecule has 2 unspecified atom stereocenters. The van der Waals surface area contributed by atoms with Crippen molar-refractivity contribution < 1.29 is 40.3 Å². The number of carbonyl (C=O) groups is 1. The summed E-state index contributed by atoms with van der Waals surface area (Å²) in [4.78, 5) is 13.6. The van der Waals surface area contributed by atoms with Crippen molar-refractivity contribution in [1.82, 2.24) is 9.62 Å². The highest BCUT2D eigenvalue weighted by Gasteiger charge is 2.60. The Morgan fingerprint density at radius 3 is 2.47 bits per heavy atom. The Morgan fingerprint density at radius 2 is 1.92 bits per heavy atom. The first-order valence-electron chi connectivity index (χ1n) is 11.3. The molecule has 1 amide bonds. The summed E-state index contributed by atoms with van der Waals surface area (Å²) in [5.74, 6) is -7.19. The van der Waals surface area contributed by atoms with Crippen LogP contribution in [0, 0.1) is 17.0 Å². The molecule has 1 saturated heterocycles. The summed E-state index contributed by atoms with van der Waals surface area (Å²) in [6.45, 7) is 3.64. The highest BCUT2D eigenvalue weighted by molar-refractivity contribution is 7.89. The molecule has 1 aliphatic heterocycles. The number of sulfonamides is 1. The average Bonchev–Trinajstić information content (AvgIpc) is 2.99. The van der Waals surface area contributed by atoms with Gasteiger partial charge in [-0.05, 0) is 44.9 Å². The van der Waals surface area contributed by atoms with E-state index in [0.717, 1.165) is 26.0 Å². The average molecular weight is 537 g/mol. The van der Waals surface area contributed by atoms with Crippen LogP contribution in [-0.4, -0.2) is 66.4 Å². The maximum absolute atomic E-state index is 15.9. The minimum Gasteiger partial charge on any atom is -0.381 e. The lowest BCUT2D eigenvalue weighted by molar-refractivity contribution is -0.150. The molecule has 0 saturated carbocycles. The van der Waals surface area contributed by atoms with Crippen LogP contribution in [0.25, 0.3) is 5.57 Å². The SMILES string of the molecule is CCS(=O)(=O)N[C@@H]1[C@H](CC2(C)C=CC=C(c3ccc(F)cc3F)C2F)N(C(=O)C(C)(C)O)CC1(F)F. The van der Waals surface area contributed by atoms with Crippen LogP contribution in [0.15, 0.2) is 36.4 Å². The summed E-state index contributed by atoms with van der Waals surface area (Å²) < 4.78 is 100. The van der Waals surface area contributed by atoms with Crippen LogP contribution in [0.4, 0.5) is 22.0 Å². The molecule has 0 radical (unpaired) electrons. The zero-order chi connectivity index (χ0) is 27.3. The van der Waals surface area contributed by atoms with Crippen molar-refractivity contribution in [2.24, 2.45) is 5.41 Å². The first kappa shape index (κ1) is 28.3. The van der Waals surface area contributed by atoms with Crippen LogP contribution in [0.2, 0.25) is 0 Å². The van der Waals surface area contributed by atoms with Gasteiger partial charge in [-0.3, -0.25) is 4.79 Å². The molecule has 36 heavy (non-hydrogen) atoms. The third-order valence-electron chi connectivity index (χ3n) is 6.59. The van der Waals surface area contributed by atoms with E-state index in [4.69, 9.17) is 0 Å². The molecule has 1 heterocycles. The summed E-state index contributed by atoms with van der Waals surface area (Å²) in [7, 11) is -4.17. The number of halogens is 5. The number of aliphatic hydroxyl groups is 1. The summed E-state index contributed by atoms with van der Waals surface area (Å²) in [5.41, 5.74) is -4.03. The van der Waals surface area contributed by atoms with E-state index in [9.17, 15) is 27.1 Å². The number of nitrogens with one attached hydrogen (secondary N) is 1. The van der Waals surface area contributed by atoms with E-state index in [1.54, 1.807) is 0 Å². The van der Waals surface area contributed by atoms with Crippen LogP contribution < -0.4 is 4.72 Å². The number of amides is 1. The maximum atomic E-state index is 15.9. The number of alkyl halides is 3. The summed E-state index contributed by atoms with van der Waals surface area (Å²) in [6, 6.07) is -1.03. The van der Waals surface area contributed by atoms with Gasteiger partial charge in [0.2, 0.25) is 10.0 Å². The molecule has 2 N–H and O–H groups in total. The zero-order valence-corrected chi connectivity index (χ0v) is 21.1. The van der Waals surface area contributed by atoms with E-state index in [2.05, 4.69) is 0 Å². The highest BCUT2D eigenvalue weighted by atomic mass is 32.2. The number of hydrogen-bond donors (Lipinski definition) is 2. The van der Waals surface area contributed by atoms with E-state index in [1.807, 2.05) is 4.72 Å². The van der Waals surface area contributed by atoms with Gasteiger partial charge in [-0.25, -0.2) is 35.1 Å². The van der Waals surface area contributed by atoms with Crippen molar-refractivity contribution >= 4 is 21.5 Å². The molecular formula is C24H29F5N2O4S. The van der Waals surface area contributed by atoms with E-state index < -0.39 is 81.5 Å². The lowest BCUT2D eigenvalue weighted by atomic mass is 9.71. The normalized spacial score (nSPS) is 28.3. The van der Waals surface area contributed by atoms with E-state index in [0.29, 0.717) is 11.0 Å². The molecule has 2 aliphatic rings. The Labute approximate surface area is 206 Å². The van der Waals surface area contributed by atoms with Gasteiger partial charge in [-0.15, -0.1) is 0 Å². The molecule has 200 valence electrons. The van der Waals surface area contributed by atoms with Gasteiger partial charge < -0.3 is 10.0 Å². The van der Waals surface area contributed by atoms with Crippen LogP contribution in [-0.2, 0) is 14.8 Å². The van der Waals surface area contributed by atoms with Gasteiger partial charge in [0.1, 0.15) is 29.4 Å². The van der Waals surface area contributed by atoms with Crippen molar-refractivity contribution in [3.05, 3.63) is 53.6 Å². The molecule has 0 aromatic heterocycles. The molecule has 3 rings (SSSR count). The highest BCUT2D eigenvalue weighted by Crippen LogP contribution is 2.47. The van der Waals surface area contributed by atoms with Crippen molar-refractivity contribution in [2.45, 2.75) is 63.9 Å². The van der Waals surface area contributed by atoms with Gasteiger partial charge in [0.25, 0.3) is 11.8 Å². The zero-order valence-electron chi connectivity index (χ0n) is 20.2. The molecule has 4 atom stereocenters. The molecule has 0 spiro atoms. The fourth-order valence-corrected chi connectivity index (χ4v) is 5.50. The molecular weight excluding hydrogens is 507 g/mol. The number of hydrogen-bond acceptors (Lipinski definition) is 4. The third-order valence-corrected chi connectivity index (χ3v) is 7.96. The fraction of sp³-hybridized carbons (Fsp3) is 0.542. The molecule has 1 aromatic rings. The lowest BCUT2D eigenvalue weighted by Gasteiger charge is -2.40. The lowest BCUT2D eigenvalue weighted by Crippen LogP contribution is -2.55. The van der Waals surface area contributed by atoms with Crippen LogP contribution in [0.5, 0.6) is 0 Å². The molecule has 6 nitrogen and oxygen atoms in total. The number of nitrogens with zero attached hydrogens (tertiary/aromatic N) is 1. The van der Waals surface area contributed by atoms with Crippen molar-refractivity contribution in [1.29, 1.82) is 0 Å². The van der Waals surface area contributed by atoms with Crippen molar-refractivity contribution in [3.8, 4) is 0 Å². The number of allylic oxidation sites excluding steroid dienone is 4. The monoisotopic (exact) mass is 536 g/mol. The quantitative estimate of drug-likeness (QED) is 0.522. The molecule has 1 aromatic carbocycles. The summed E-state index contributed by atoms with van der Waals surface area (Å²) in [5, 5.41) is 10.2. The molecule has 0 bridgehead atoms. The maximum Gasteiger partial charge on any atom is 0.283 e. The van der Waals surface area contributed by atoms with Crippen molar-refractivity contribution in [3.63, 3.8) is 0 Å². The van der Waals surface area contributed by atoms with Crippen LogP contribution in [0.1, 0.15) is 39.7 Å². The van der Waals surface area contributed by atoms with Gasteiger partial charge in [0.05, 0.1) is 18.3 Å². The van der Waals surface area contributed by atoms with Gasteiger partial charge in [-0.1, -0.05) is 25.2 Å². The van der Waals surface area contributed by atoms with E-state index in [-0.39, 0.29) is 11.1 Å². The Kier molecular flexibility index (Phi) is 7.48. The Morgan fingerprint density at radius 1 is 1.28 bits per heavy atom. The fourth-order valence-electron chi connectivity index (χ4n) is 4.62. The summed E-state index contributed by atoms with van der Waals surface area (Å²) >= 11 is 0. The minimum atomic E-state index is -4.17. The van der Waals surface area contributed by atoms with Gasteiger partial charge in [0.15, 0.2) is 0 Å². The minimum absolute atomic E-state index is 0.159. The predicted octanol–water partition coefficient (Wildman–Crippen LogP) is 3.58. The smallest absolute Gasteiger partial charge is 0.283 e. The summed E-state index contributed by atoms with van der Waals surface area (Å²) in [6.07, 6.45) is 1.59. The molecule has 12 heteroatoms. The van der Waals surface area contributed by atoms with Gasteiger partial charge in [0, 0.05) is 17.0 Å². The van der Waals surface area contributed by atoms with Crippen LogP contribution in [0.3, 0.4) is 0 Å². The van der Waals surface area contributed by atoms with Crippen LogP contribution >= 0.6 is 0 Å². The number of carbonyl (C=O) groups excluding carboxylic acids is 1. The molecule has 1 fully saturated rings. The number of benzene rings is 1. The third kappa shape index (κ3) is 5.50. The first-order chi connectivity index (χ1) is 16.4. The topological polar surface area (TPSA) is 86.7 Å². The van der Waals surface area contributed by atoms with Gasteiger partial charge >= 0.3 is 0 Å². The second kappa shape index (κ2) is 9.53. The standard InChI is InChI=1S/C24H29F5N2O4S/c1-5-36(34,35)30-20-18(31(13-24(20,28)29)21(32)22(2,3)33)12-23(4)10-6-7-16(19(23)27)15-9-8-14(25)11-17(15)26/h6-11,18-20,30,33H,5,12-13H2,1-4H3/t18-,19?,20+,23?/m0/s1. The Hall–Kier alpha value is -2.31. The van der Waals surface area contributed by atoms with E-state index >= 15 is 13.2 Å². The van der Waals surface area contributed by atoms with Gasteiger partial charge in [-0.2, -0.15) is 0 Å². The Balaban J connectivity index is 2.04. The number of likely N-dealkylation sites (tertiary alicyclic amines) is 1. The predicted molar refractivity (Wildman–Crippen MR) is 124 cm³/mol. The van der Waals surface area contributed by atoms with Crippen molar-refractivity contribution in [2.75, 3.05) is 12.3 Å². The first-order valence-corrected chi connectivity index (χ1v) is 13.0. The molecule has 1 aliphatic carbocycles. The largest absolute Gasteiger partial charge is 0.381 e. The second-order valence-electron chi connectivity index (χ2n) is 10.00.